The van der Waals surface area contributed by atoms with Gasteiger partial charge in [0.1, 0.15) is 11.5 Å². The van der Waals surface area contributed by atoms with Crippen LogP contribution in [0, 0.1) is 0 Å². The van der Waals surface area contributed by atoms with E-state index in [0.29, 0.717) is 0 Å². The van der Waals surface area contributed by atoms with Gasteiger partial charge in [0.25, 0.3) is 0 Å². The molecule has 0 unspecified atom stereocenters. The van der Waals surface area contributed by atoms with Crippen LogP contribution in [0.5, 0.6) is 11.5 Å². The highest BCUT2D eigenvalue weighted by molar-refractivity contribution is 6.01. The van der Waals surface area contributed by atoms with Gasteiger partial charge in [0, 0.05) is 39.0 Å². The van der Waals surface area contributed by atoms with Crippen LogP contribution in [0.2, 0.25) is 0 Å². The lowest BCUT2D eigenvalue weighted by molar-refractivity contribution is 0.488. The second kappa shape index (κ2) is 12.7. The van der Waals surface area contributed by atoms with Gasteiger partial charge in [-0.3, -0.25) is 0 Å². The average molecular weight is 770 g/mol. The van der Waals surface area contributed by atoms with Gasteiger partial charge in [-0.1, -0.05) is 149 Å². The quantitative estimate of drug-likeness (QED) is 0.177. The molecule has 9 aromatic carbocycles. The number of hydrogen-bond donors (Lipinski definition) is 0. The summed E-state index contributed by atoms with van der Waals surface area (Å²) in [4.78, 5) is 2.46. The molecule has 9 aromatic rings. The Morgan fingerprint density at radius 1 is 0.317 bits per heavy atom. The van der Waals surface area contributed by atoms with Crippen LogP contribution in [0.1, 0.15) is 49.9 Å². The van der Waals surface area contributed by atoms with E-state index in [1.165, 1.54) is 66.4 Å². The number of hydrogen-bond acceptors (Lipinski definition) is 2. The fourth-order valence-electron chi connectivity index (χ4n) is 10.5. The predicted octanol–water partition coefficient (Wildman–Crippen LogP) is 16.0. The zero-order valence-corrected chi connectivity index (χ0v) is 34.3. The molecule has 3 aliphatic rings. The van der Waals surface area contributed by atoms with Crippen molar-refractivity contribution in [3.63, 3.8) is 0 Å². The summed E-state index contributed by atoms with van der Waals surface area (Å²) in [6.07, 6.45) is 0. The van der Waals surface area contributed by atoms with E-state index in [1.807, 2.05) is 0 Å². The zero-order chi connectivity index (χ0) is 40.3. The average Bonchev–Trinajstić information content (AvgIpc) is 3.59. The van der Waals surface area contributed by atoms with E-state index < -0.39 is 0 Å². The van der Waals surface area contributed by atoms with Gasteiger partial charge in [-0.05, 0) is 144 Å². The second-order valence-corrected chi connectivity index (χ2v) is 17.7. The van der Waals surface area contributed by atoms with Crippen molar-refractivity contribution in [2.75, 3.05) is 4.90 Å². The van der Waals surface area contributed by atoms with Crippen molar-refractivity contribution in [2.45, 2.75) is 38.5 Å². The number of rotatable bonds is 4. The molecule has 2 heteroatoms. The van der Waals surface area contributed by atoms with Crippen LogP contribution in [0.4, 0.5) is 17.1 Å². The minimum Gasteiger partial charge on any atom is -0.456 e. The van der Waals surface area contributed by atoms with Gasteiger partial charge in [0.2, 0.25) is 0 Å². The lowest BCUT2D eigenvalue weighted by Crippen LogP contribution is -2.18. The van der Waals surface area contributed by atoms with E-state index in [4.69, 9.17) is 4.74 Å². The molecule has 1 aliphatic heterocycles. The molecule has 60 heavy (non-hydrogen) atoms. The van der Waals surface area contributed by atoms with Crippen molar-refractivity contribution in [1.82, 2.24) is 0 Å². The van der Waals surface area contributed by atoms with E-state index in [1.54, 1.807) is 0 Å². The SMILES string of the molecule is CC1(C)c2ccccc2-c2ccc(N(c3ccc4c(c3)-c3cc5ccccc5cc3-c3cc(-c5ccccc5)ccc3O4)c3ccc4c(c3)C(C)(C)c3ccccc3-4)cc21. The van der Waals surface area contributed by atoms with Crippen LogP contribution in [0.3, 0.4) is 0 Å². The summed E-state index contributed by atoms with van der Waals surface area (Å²) >= 11 is 0. The molecule has 0 bridgehead atoms. The maximum atomic E-state index is 6.98. The molecule has 2 nitrogen and oxygen atoms in total. The molecule has 2 aliphatic carbocycles. The van der Waals surface area contributed by atoms with Crippen molar-refractivity contribution in [1.29, 1.82) is 0 Å². The van der Waals surface area contributed by atoms with Crippen LogP contribution in [0.25, 0.3) is 66.4 Å². The summed E-state index contributed by atoms with van der Waals surface area (Å²) in [5.74, 6) is 1.70. The Morgan fingerprint density at radius 2 is 0.767 bits per heavy atom. The Balaban J connectivity index is 1.08. The van der Waals surface area contributed by atoms with Gasteiger partial charge in [-0.2, -0.15) is 0 Å². The molecule has 0 spiro atoms. The highest BCUT2D eigenvalue weighted by atomic mass is 16.5. The maximum Gasteiger partial charge on any atom is 0.135 e. The summed E-state index contributed by atoms with van der Waals surface area (Å²) in [5, 5.41) is 2.41. The highest BCUT2D eigenvalue weighted by Crippen LogP contribution is 2.55. The molecule has 12 rings (SSSR count). The monoisotopic (exact) mass is 769 g/mol. The molecule has 1 heterocycles. The van der Waals surface area contributed by atoms with Crippen molar-refractivity contribution >= 4 is 27.8 Å². The van der Waals surface area contributed by atoms with Gasteiger partial charge in [0.05, 0.1) is 0 Å². The minimum atomic E-state index is -0.138. The van der Waals surface area contributed by atoms with E-state index in [0.717, 1.165) is 50.8 Å². The summed E-state index contributed by atoms with van der Waals surface area (Å²) in [5.41, 5.74) is 20.6. The van der Waals surface area contributed by atoms with Crippen molar-refractivity contribution in [3.05, 3.63) is 210 Å². The number of fused-ring (bicyclic) bond motifs is 12. The van der Waals surface area contributed by atoms with Crippen LogP contribution >= 0.6 is 0 Å². The summed E-state index contributed by atoms with van der Waals surface area (Å²) in [6.45, 7) is 9.46. The summed E-state index contributed by atoms with van der Waals surface area (Å²) in [6, 6.07) is 69.4. The lowest BCUT2D eigenvalue weighted by atomic mass is 9.82. The smallest absolute Gasteiger partial charge is 0.135 e. The topological polar surface area (TPSA) is 12.5 Å². The molecule has 286 valence electrons. The first-order chi connectivity index (χ1) is 29.2. The molecule has 0 saturated carbocycles. The van der Waals surface area contributed by atoms with Crippen LogP contribution in [-0.2, 0) is 10.8 Å². The largest absolute Gasteiger partial charge is 0.456 e. The van der Waals surface area contributed by atoms with Gasteiger partial charge < -0.3 is 9.64 Å². The molecular formula is C58H43NO. The summed E-state index contributed by atoms with van der Waals surface area (Å²) < 4.78 is 6.98. The zero-order valence-electron chi connectivity index (χ0n) is 34.3. The van der Waals surface area contributed by atoms with Crippen molar-refractivity contribution in [3.8, 4) is 67.1 Å². The Labute approximate surface area is 352 Å². The van der Waals surface area contributed by atoms with Crippen molar-refractivity contribution < 1.29 is 4.74 Å². The molecule has 0 saturated heterocycles. The number of benzene rings is 9. The number of anilines is 3. The molecule has 0 amide bonds. The molecule has 0 atom stereocenters. The van der Waals surface area contributed by atoms with Gasteiger partial charge in [-0.25, -0.2) is 0 Å². The molecule has 0 radical (unpaired) electrons. The Morgan fingerprint density at radius 3 is 1.35 bits per heavy atom. The van der Waals surface area contributed by atoms with E-state index in [-0.39, 0.29) is 10.8 Å². The third-order valence-electron chi connectivity index (χ3n) is 13.6. The van der Waals surface area contributed by atoms with Crippen LogP contribution in [0.15, 0.2) is 188 Å². The van der Waals surface area contributed by atoms with Gasteiger partial charge in [0.15, 0.2) is 0 Å². The lowest BCUT2D eigenvalue weighted by Gasteiger charge is -2.30. The number of nitrogens with zero attached hydrogens (tertiary/aromatic N) is 1. The molecule has 0 N–H and O–H groups in total. The minimum absolute atomic E-state index is 0.138. The first kappa shape index (κ1) is 34.8. The van der Waals surface area contributed by atoms with Crippen LogP contribution in [-0.4, -0.2) is 0 Å². The van der Waals surface area contributed by atoms with Gasteiger partial charge in [-0.15, -0.1) is 0 Å². The van der Waals surface area contributed by atoms with E-state index in [2.05, 4.69) is 221 Å². The van der Waals surface area contributed by atoms with Crippen molar-refractivity contribution in [2.24, 2.45) is 0 Å². The van der Waals surface area contributed by atoms with Gasteiger partial charge >= 0.3 is 0 Å². The summed E-state index contributed by atoms with van der Waals surface area (Å²) in [7, 11) is 0. The molecule has 0 fully saturated rings. The van der Waals surface area contributed by atoms with Crippen LogP contribution < -0.4 is 9.64 Å². The first-order valence-electron chi connectivity index (χ1n) is 21.1. The molecule has 0 aromatic heterocycles. The third kappa shape index (κ3) is 5.07. The fraction of sp³-hybridized carbons (Fsp3) is 0.103. The number of ether oxygens (including phenoxy) is 1. The molecular weight excluding hydrogens is 727 g/mol. The van der Waals surface area contributed by atoms with E-state index in [9.17, 15) is 0 Å². The third-order valence-corrected chi connectivity index (χ3v) is 13.6. The standard InChI is InChI=1S/C58H43NO/c1-57(2)51-20-12-10-18-43(51)45-26-23-41(34-53(45)57)59(42-24-27-46-44-19-11-13-21-52(44)58(3,4)54(46)35-42)40-25-29-56-50(33-40)48-31-38-17-9-8-16-37(38)30-47(48)49-32-39(22-28-55(49)60-56)36-14-6-5-7-15-36/h5-35H,1-4H3. The second-order valence-electron chi connectivity index (χ2n) is 17.7. The van der Waals surface area contributed by atoms with E-state index >= 15 is 0 Å². The Kier molecular flexibility index (Phi) is 7.36. The predicted molar refractivity (Wildman–Crippen MR) is 250 cm³/mol. The highest BCUT2D eigenvalue weighted by Gasteiger charge is 2.38. The Bertz CT molecular complexity index is 3140. The maximum absolute atomic E-state index is 6.98. The normalized spacial score (nSPS) is 14.4. The first-order valence-corrected chi connectivity index (χ1v) is 21.1. The Hall–Kier alpha value is -7.16. The fourth-order valence-corrected chi connectivity index (χ4v) is 10.5.